The van der Waals surface area contributed by atoms with Crippen LogP contribution in [0.4, 0.5) is 0 Å². The van der Waals surface area contributed by atoms with E-state index in [0.717, 1.165) is 18.4 Å². The van der Waals surface area contributed by atoms with Crippen LogP contribution in [0.3, 0.4) is 0 Å². The van der Waals surface area contributed by atoms with Gasteiger partial charge in [-0.2, -0.15) is 0 Å². The lowest BCUT2D eigenvalue weighted by Crippen LogP contribution is -2.27. The molecule has 2 atom stereocenters. The van der Waals surface area contributed by atoms with E-state index >= 15 is 0 Å². The molecule has 1 fully saturated rings. The highest BCUT2D eigenvalue weighted by molar-refractivity contribution is 5.85. The first kappa shape index (κ1) is 13.2. The maximum atomic E-state index is 10.5. The van der Waals surface area contributed by atoms with Crippen molar-refractivity contribution in [2.75, 3.05) is 13.1 Å². The monoisotopic (exact) mass is 225 g/mol. The molecule has 0 aromatic carbocycles. The summed E-state index contributed by atoms with van der Waals surface area (Å²) in [7, 11) is 0. The van der Waals surface area contributed by atoms with Crippen LogP contribution in [0.15, 0.2) is 11.6 Å². The van der Waals surface area contributed by atoms with Crippen LogP contribution in [0.2, 0.25) is 0 Å². The van der Waals surface area contributed by atoms with Crippen LogP contribution < -0.4 is 5.32 Å². The zero-order chi connectivity index (χ0) is 12.0. The third-order valence-electron chi connectivity index (χ3n) is 3.37. The maximum absolute atomic E-state index is 10.5. The molecule has 1 rings (SSSR count). The van der Waals surface area contributed by atoms with Gasteiger partial charge in [-0.3, -0.25) is 0 Å². The van der Waals surface area contributed by atoms with Crippen LogP contribution in [0.1, 0.15) is 39.5 Å². The first-order chi connectivity index (χ1) is 7.59. The van der Waals surface area contributed by atoms with Gasteiger partial charge in [0, 0.05) is 12.1 Å². The summed E-state index contributed by atoms with van der Waals surface area (Å²) in [5, 5.41) is 12.0. The first-order valence-electron chi connectivity index (χ1n) is 6.20. The molecule has 0 spiro atoms. The summed E-state index contributed by atoms with van der Waals surface area (Å²) in [5.74, 6) is 0.812. The molecule has 0 aliphatic heterocycles. The Kier molecular flexibility index (Phi) is 5.53. The number of hydrogen-bond acceptors (Lipinski definition) is 2. The normalized spacial score (nSPS) is 26.8. The van der Waals surface area contributed by atoms with Gasteiger partial charge in [0.25, 0.3) is 0 Å². The van der Waals surface area contributed by atoms with Crippen molar-refractivity contribution in [3.05, 3.63) is 11.6 Å². The molecule has 0 radical (unpaired) electrons. The molecular formula is C13H23NO2. The second kappa shape index (κ2) is 6.69. The highest BCUT2D eigenvalue weighted by Gasteiger charge is 2.17. The van der Waals surface area contributed by atoms with Crippen molar-refractivity contribution in [2.45, 2.75) is 39.5 Å². The number of aliphatic carboxylic acids is 1. The molecule has 3 heteroatoms. The number of carboxylic acids is 1. The fourth-order valence-electron chi connectivity index (χ4n) is 2.35. The Bertz CT molecular complexity index is 261. The molecule has 3 nitrogen and oxygen atoms in total. The average Bonchev–Trinajstić information content (AvgIpc) is 2.24. The van der Waals surface area contributed by atoms with Gasteiger partial charge in [0.2, 0.25) is 0 Å². The van der Waals surface area contributed by atoms with Crippen LogP contribution in [0.5, 0.6) is 0 Å². The summed E-state index contributed by atoms with van der Waals surface area (Å²) < 4.78 is 0. The molecule has 0 bridgehead atoms. The molecule has 1 aliphatic carbocycles. The van der Waals surface area contributed by atoms with Gasteiger partial charge in [0.1, 0.15) is 0 Å². The fraction of sp³-hybridized carbons (Fsp3) is 0.769. The molecule has 1 aliphatic rings. The van der Waals surface area contributed by atoms with Crippen LogP contribution in [0.25, 0.3) is 0 Å². The van der Waals surface area contributed by atoms with E-state index in [9.17, 15) is 4.79 Å². The van der Waals surface area contributed by atoms with Crippen molar-refractivity contribution in [3.63, 3.8) is 0 Å². The smallest absolute Gasteiger partial charge is 0.330 e. The Morgan fingerprint density at radius 1 is 1.50 bits per heavy atom. The number of hydrogen-bond donors (Lipinski definition) is 2. The summed E-state index contributed by atoms with van der Waals surface area (Å²) in [5.41, 5.74) is 0.421. The van der Waals surface area contributed by atoms with Crippen LogP contribution >= 0.6 is 0 Å². The Labute approximate surface area is 97.9 Å². The second-order valence-electron chi connectivity index (χ2n) is 4.99. The Balaban J connectivity index is 2.15. The van der Waals surface area contributed by atoms with Crippen molar-refractivity contribution in [1.29, 1.82) is 0 Å². The highest BCUT2D eigenvalue weighted by atomic mass is 16.4. The van der Waals surface area contributed by atoms with Gasteiger partial charge in [-0.25, -0.2) is 4.79 Å². The highest BCUT2D eigenvalue weighted by Crippen LogP contribution is 2.27. The van der Waals surface area contributed by atoms with Gasteiger partial charge in [-0.15, -0.1) is 0 Å². The fourth-order valence-corrected chi connectivity index (χ4v) is 2.35. The summed E-state index contributed by atoms with van der Waals surface area (Å²) in [6, 6.07) is 0. The molecule has 92 valence electrons. The molecule has 2 unspecified atom stereocenters. The minimum absolute atomic E-state index is 0.421. The SMILES string of the molecule is C/C(=C/CNCC1CCCC(C)C1)C(=O)O. The number of carboxylic acid groups (broad SMARTS) is 1. The van der Waals surface area contributed by atoms with Gasteiger partial charge >= 0.3 is 5.97 Å². The van der Waals surface area contributed by atoms with E-state index in [1.165, 1.54) is 25.7 Å². The number of nitrogens with one attached hydrogen (secondary N) is 1. The van der Waals surface area contributed by atoms with Gasteiger partial charge in [0.15, 0.2) is 0 Å². The van der Waals surface area contributed by atoms with E-state index in [0.29, 0.717) is 12.1 Å². The van der Waals surface area contributed by atoms with Crippen LogP contribution in [-0.4, -0.2) is 24.2 Å². The lowest BCUT2D eigenvalue weighted by Gasteiger charge is -2.26. The number of rotatable bonds is 5. The van der Waals surface area contributed by atoms with Gasteiger partial charge in [-0.05, 0) is 38.1 Å². The second-order valence-corrected chi connectivity index (χ2v) is 4.99. The molecule has 0 heterocycles. The van der Waals surface area contributed by atoms with Crippen molar-refractivity contribution in [1.82, 2.24) is 5.32 Å². The van der Waals surface area contributed by atoms with E-state index < -0.39 is 5.97 Å². The minimum atomic E-state index is -0.826. The van der Waals surface area contributed by atoms with Gasteiger partial charge in [-0.1, -0.05) is 25.8 Å². The molecule has 0 amide bonds. The third-order valence-corrected chi connectivity index (χ3v) is 3.37. The quantitative estimate of drug-likeness (QED) is 0.558. The standard InChI is InChI=1S/C13H23NO2/c1-10-4-3-5-12(8-10)9-14-7-6-11(2)13(15)16/h6,10,12,14H,3-5,7-9H2,1-2H3,(H,15,16)/b11-6-. The van der Waals surface area contributed by atoms with Crippen molar-refractivity contribution < 1.29 is 9.90 Å². The molecule has 0 saturated heterocycles. The lowest BCUT2D eigenvalue weighted by atomic mass is 9.82. The molecule has 0 aromatic heterocycles. The van der Waals surface area contributed by atoms with Crippen LogP contribution in [-0.2, 0) is 4.79 Å². The first-order valence-corrected chi connectivity index (χ1v) is 6.20. The van der Waals surface area contributed by atoms with Gasteiger partial charge in [0.05, 0.1) is 0 Å². The van der Waals surface area contributed by atoms with E-state index in [1.54, 1.807) is 13.0 Å². The number of carbonyl (C=O) groups is 1. The minimum Gasteiger partial charge on any atom is -0.478 e. The van der Waals surface area contributed by atoms with Crippen molar-refractivity contribution >= 4 is 5.97 Å². The van der Waals surface area contributed by atoms with Crippen molar-refractivity contribution in [2.24, 2.45) is 11.8 Å². The Hall–Kier alpha value is -0.830. The third kappa shape index (κ3) is 4.79. The predicted molar refractivity (Wildman–Crippen MR) is 65.4 cm³/mol. The van der Waals surface area contributed by atoms with E-state index in [-0.39, 0.29) is 0 Å². The summed E-state index contributed by atoms with van der Waals surface area (Å²) >= 11 is 0. The van der Waals surface area contributed by atoms with Crippen molar-refractivity contribution in [3.8, 4) is 0 Å². The largest absolute Gasteiger partial charge is 0.478 e. The molecule has 1 saturated carbocycles. The average molecular weight is 225 g/mol. The Morgan fingerprint density at radius 3 is 2.88 bits per heavy atom. The molecule has 0 aromatic rings. The topological polar surface area (TPSA) is 49.3 Å². The van der Waals surface area contributed by atoms with E-state index in [4.69, 9.17) is 5.11 Å². The molecule has 2 N–H and O–H groups in total. The Morgan fingerprint density at radius 2 is 2.25 bits per heavy atom. The lowest BCUT2D eigenvalue weighted by molar-refractivity contribution is -0.132. The molecule has 16 heavy (non-hydrogen) atoms. The maximum Gasteiger partial charge on any atom is 0.330 e. The summed E-state index contributed by atoms with van der Waals surface area (Å²) in [6.45, 7) is 5.64. The molecular weight excluding hydrogens is 202 g/mol. The van der Waals surface area contributed by atoms with Crippen LogP contribution in [0, 0.1) is 11.8 Å². The zero-order valence-corrected chi connectivity index (χ0v) is 10.3. The predicted octanol–water partition coefficient (Wildman–Crippen LogP) is 2.43. The zero-order valence-electron chi connectivity index (χ0n) is 10.3. The van der Waals surface area contributed by atoms with Gasteiger partial charge < -0.3 is 10.4 Å². The summed E-state index contributed by atoms with van der Waals surface area (Å²) in [6.07, 6.45) is 7.09. The van der Waals surface area contributed by atoms with E-state index in [2.05, 4.69) is 12.2 Å². The summed E-state index contributed by atoms with van der Waals surface area (Å²) in [4.78, 5) is 10.5. The van der Waals surface area contributed by atoms with E-state index in [1.807, 2.05) is 0 Å².